The number of allylic oxidation sites excluding steroid dienone is 2. The van der Waals surface area contributed by atoms with Gasteiger partial charge in [-0.15, -0.1) is 12.4 Å². The molecule has 150 valence electrons. The van der Waals surface area contributed by atoms with Crippen LogP contribution in [0.15, 0.2) is 54.6 Å². The number of halogens is 1. The molecular weight excluding hydrogens is 376 g/mol. The number of nitrogens with zero attached hydrogens (tertiary/aromatic N) is 1. The molecule has 0 bridgehead atoms. The molecule has 0 amide bonds. The van der Waals surface area contributed by atoms with Gasteiger partial charge in [0.25, 0.3) is 0 Å². The maximum atomic E-state index is 10.0. The lowest BCUT2D eigenvalue weighted by atomic mass is 10.1. The minimum Gasteiger partial charge on any atom is -0.497 e. The van der Waals surface area contributed by atoms with Crippen LogP contribution in [0, 0.1) is 11.3 Å². The fourth-order valence-electron chi connectivity index (χ4n) is 2.57. The minimum absolute atomic E-state index is 0. The van der Waals surface area contributed by atoms with Gasteiger partial charge in [-0.2, -0.15) is 5.26 Å². The predicted octanol–water partition coefficient (Wildman–Crippen LogP) is 3.62. The van der Waals surface area contributed by atoms with E-state index in [1.807, 2.05) is 55.5 Å². The number of nitriles is 1. The van der Waals surface area contributed by atoms with Crippen LogP contribution in [-0.2, 0) is 6.42 Å². The molecule has 2 rings (SSSR count). The Hall–Kier alpha value is -2.52. The maximum absolute atomic E-state index is 10.0. The van der Waals surface area contributed by atoms with Crippen molar-refractivity contribution in [2.75, 3.05) is 26.8 Å². The molecular formula is C22H27ClN2O3. The van der Waals surface area contributed by atoms with E-state index in [2.05, 4.69) is 11.4 Å². The van der Waals surface area contributed by atoms with Gasteiger partial charge in [0.05, 0.1) is 13.2 Å². The van der Waals surface area contributed by atoms with Gasteiger partial charge in [-0.3, -0.25) is 0 Å². The van der Waals surface area contributed by atoms with Crippen molar-refractivity contribution in [3.8, 4) is 17.6 Å². The molecule has 0 aliphatic heterocycles. The van der Waals surface area contributed by atoms with Crippen LogP contribution in [0.4, 0.5) is 0 Å². The average Bonchev–Trinajstić information content (AvgIpc) is 2.70. The molecule has 0 radical (unpaired) electrons. The number of aliphatic hydroxyl groups excluding tert-OH is 1. The number of hydrogen-bond acceptors (Lipinski definition) is 5. The monoisotopic (exact) mass is 402 g/mol. The smallest absolute Gasteiger partial charge is 0.119 e. The fourth-order valence-corrected chi connectivity index (χ4v) is 2.57. The van der Waals surface area contributed by atoms with E-state index in [0.29, 0.717) is 12.3 Å². The van der Waals surface area contributed by atoms with E-state index in [1.165, 1.54) is 11.6 Å². The lowest BCUT2D eigenvalue weighted by molar-refractivity contribution is 0.106. The van der Waals surface area contributed by atoms with Gasteiger partial charge in [-0.25, -0.2) is 0 Å². The van der Waals surface area contributed by atoms with Crippen LogP contribution in [-0.4, -0.2) is 38.0 Å². The highest BCUT2D eigenvalue weighted by molar-refractivity contribution is 5.85. The van der Waals surface area contributed by atoms with Crippen LogP contribution in [0.5, 0.6) is 11.5 Å². The van der Waals surface area contributed by atoms with E-state index in [9.17, 15) is 5.11 Å². The molecule has 0 aromatic heterocycles. The number of nitrogens with one attached hydrogen (secondary N) is 1. The minimum atomic E-state index is -0.588. The normalized spacial score (nSPS) is 11.9. The molecule has 1 atom stereocenters. The zero-order chi connectivity index (χ0) is 19.5. The molecule has 0 heterocycles. The number of aliphatic hydroxyl groups is 1. The van der Waals surface area contributed by atoms with Gasteiger partial charge in [-0.05, 0) is 60.9 Å². The molecule has 0 spiro atoms. The maximum Gasteiger partial charge on any atom is 0.119 e. The SMILES string of the molecule is COc1cccc(CCNCC(O)COc2ccc(/C(C)=C\C#N)cc2)c1.Cl. The molecule has 2 aromatic carbocycles. The van der Waals surface area contributed by atoms with Crippen molar-refractivity contribution >= 4 is 18.0 Å². The molecule has 5 nitrogen and oxygen atoms in total. The Morgan fingerprint density at radius 1 is 1.21 bits per heavy atom. The Kier molecular flexibility index (Phi) is 10.7. The molecule has 0 fully saturated rings. The highest BCUT2D eigenvalue weighted by Gasteiger charge is 2.05. The Balaban J connectivity index is 0.00000392. The van der Waals surface area contributed by atoms with E-state index >= 15 is 0 Å². The van der Waals surface area contributed by atoms with E-state index < -0.39 is 6.10 Å². The number of rotatable bonds is 10. The van der Waals surface area contributed by atoms with Gasteiger partial charge in [-0.1, -0.05) is 24.3 Å². The van der Waals surface area contributed by atoms with Crippen LogP contribution < -0.4 is 14.8 Å². The molecule has 2 N–H and O–H groups in total. The highest BCUT2D eigenvalue weighted by atomic mass is 35.5. The van der Waals surface area contributed by atoms with Crippen molar-refractivity contribution in [1.29, 1.82) is 5.26 Å². The largest absolute Gasteiger partial charge is 0.497 e. The fraction of sp³-hybridized carbons (Fsp3) is 0.318. The molecule has 6 heteroatoms. The standard InChI is InChI=1S/C22H26N2O3.ClH/c1-17(10-12-23)19-6-8-21(9-7-19)27-16-20(25)15-24-13-11-18-4-3-5-22(14-18)26-2;/h3-10,14,20,24-25H,11,13,15-16H2,1-2H3;1H/b17-10-;. The first-order chi connectivity index (χ1) is 13.1. The van der Waals surface area contributed by atoms with Gasteiger partial charge in [0.15, 0.2) is 0 Å². The summed E-state index contributed by atoms with van der Waals surface area (Å²) in [5.74, 6) is 1.55. The van der Waals surface area contributed by atoms with E-state index in [4.69, 9.17) is 14.7 Å². The summed E-state index contributed by atoms with van der Waals surface area (Å²) in [7, 11) is 1.66. The van der Waals surface area contributed by atoms with Crippen molar-refractivity contribution < 1.29 is 14.6 Å². The molecule has 28 heavy (non-hydrogen) atoms. The Bertz CT molecular complexity index is 785. The van der Waals surface area contributed by atoms with Crippen molar-refractivity contribution in [3.63, 3.8) is 0 Å². The van der Waals surface area contributed by atoms with Crippen LogP contribution in [0.1, 0.15) is 18.1 Å². The molecule has 1 unspecified atom stereocenters. The van der Waals surface area contributed by atoms with Gasteiger partial charge >= 0.3 is 0 Å². The van der Waals surface area contributed by atoms with Crippen LogP contribution in [0.25, 0.3) is 5.57 Å². The van der Waals surface area contributed by atoms with Gasteiger partial charge in [0.2, 0.25) is 0 Å². The summed E-state index contributed by atoms with van der Waals surface area (Å²) >= 11 is 0. The van der Waals surface area contributed by atoms with Crippen LogP contribution in [0.2, 0.25) is 0 Å². The predicted molar refractivity (Wildman–Crippen MR) is 114 cm³/mol. The molecule has 0 aliphatic rings. The van der Waals surface area contributed by atoms with Crippen molar-refractivity contribution in [2.45, 2.75) is 19.4 Å². The Morgan fingerprint density at radius 2 is 1.96 bits per heavy atom. The zero-order valence-electron chi connectivity index (χ0n) is 16.2. The molecule has 0 saturated carbocycles. The Morgan fingerprint density at radius 3 is 2.64 bits per heavy atom. The zero-order valence-corrected chi connectivity index (χ0v) is 17.0. The number of ether oxygens (including phenoxy) is 2. The second-order valence-corrected chi connectivity index (χ2v) is 6.25. The lowest BCUT2D eigenvalue weighted by Gasteiger charge is -2.14. The second-order valence-electron chi connectivity index (χ2n) is 6.25. The third-order valence-electron chi connectivity index (χ3n) is 4.14. The topological polar surface area (TPSA) is 74.5 Å². The van der Waals surface area contributed by atoms with Gasteiger partial charge in [0.1, 0.15) is 24.2 Å². The molecule has 0 aliphatic carbocycles. The van der Waals surface area contributed by atoms with E-state index in [-0.39, 0.29) is 19.0 Å². The summed E-state index contributed by atoms with van der Waals surface area (Å²) in [6.07, 6.45) is 1.79. The van der Waals surface area contributed by atoms with Crippen molar-refractivity contribution in [1.82, 2.24) is 5.32 Å². The Labute approximate surface area is 173 Å². The number of methoxy groups -OCH3 is 1. The first-order valence-electron chi connectivity index (χ1n) is 8.93. The quantitative estimate of drug-likeness (QED) is 0.469. The van der Waals surface area contributed by atoms with Crippen LogP contribution in [0.3, 0.4) is 0 Å². The van der Waals surface area contributed by atoms with Crippen molar-refractivity contribution in [2.24, 2.45) is 0 Å². The first kappa shape index (κ1) is 23.5. The summed E-state index contributed by atoms with van der Waals surface area (Å²) in [5.41, 5.74) is 3.07. The third-order valence-corrected chi connectivity index (χ3v) is 4.14. The molecule has 0 saturated heterocycles. The highest BCUT2D eigenvalue weighted by Crippen LogP contribution is 2.18. The average molecular weight is 403 g/mol. The third kappa shape index (κ3) is 8.01. The van der Waals surface area contributed by atoms with E-state index in [0.717, 1.165) is 29.9 Å². The lowest BCUT2D eigenvalue weighted by Crippen LogP contribution is -2.32. The summed E-state index contributed by atoms with van der Waals surface area (Å²) in [6.45, 7) is 3.34. The number of hydrogen-bond donors (Lipinski definition) is 2. The first-order valence-corrected chi connectivity index (χ1v) is 8.93. The van der Waals surface area contributed by atoms with E-state index in [1.54, 1.807) is 7.11 Å². The summed E-state index contributed by atoms with van der Waals surface area (Å²) in [6, 6.07) is 17.5. The molecule has 2 aromatic rings. The summed E-state index contributed by atoms with van der Waals surface area (Å²) in [4.78, 5) is 0. The van der Waals surface area contributed by atoms with Crippen molar-refractivity contribution in [3.05, 3.63) is 65.7 Å². The summed E-state index contributed by atoms with van der Waals surface area (Å²) < 4.78 is 10.8. The number of benzene rings is 2. The van der Waals surface area contributed by atoms with Crippen LogP contribution >= 0.6 is 12.4 Å². The summed E-state index contributed by atoms with van der Waals surface area (Å²) in [5, 5.41) is 22.0. The van der Waals surface area contributed by atoms with Gasteiger partial charge < -0.3 is 19.9 Å². The second kappa shape index (κ2) is 12.8. The van der Waals surface area contributed by atoms with Gasteiger partial charge in [0, 0.05) is 12.6 Å².